The lowest BCUT2D eigenvalue weighted by Crippen LogP contribution is -2.16. The molecule has 0 atom stereocenters. The molecule has 158 valence electrons. The van der Waals surface area contributed by atoms with Crippen molar-refractivity contribution in [2.75, 3.05) is 12.4 Å². The van der Waals surface area contributed by atoms with Gasteiger partial charge in [-0.25, -0.2) is 0 Å². The molecule has 7 heteroatoms. The molecule has 0 radical (unpaired) electrons. The number of rotatable bonds is 7. The molecule has 2 heterocycles. The quantitative estimate of drug-likeness (QED) is 0.460. The molecule has 2 aromatic carbocycles. The van der Waals surface area contributed by atoms with Gasteiger partial charge in [-0.15, -0.1) is 0 Å². The molecular formula is C24H22N2O5. The standard InChI is InChI=1S/C24H22N2O5/c1-14-3-11-18-20(13-14)31-22(23(25)27)21(18)26-24(28)19-12-10-17(30-19)9-6-15-4-7-16(29-2)8-5-15/h3-5,7-8,10-13H,6,9H2,1-2H3,(H2,25,27)(H,26,28). The van der Waals surface area contributed by atoms with Gasteiger partial charge < -0.3 is 24.6 Å². The van der Waals surface area contributed by atoms with Crippen molar-refractivity contribution >= 4 is 28.5 Å². The van der Waals surface area contributed by atoms with E-state index in [4.69, 9.17) is 19.3 Å². The van der Waals surface area contributed by atoms with Crippen LogP contribution in [0.1, 0.15) is 38.0 Å². The van der Waals surface area contributed by atoms with Gasteiger partial charge in [0.2, 0.25) is 5.76 Å². The van der Waals surface area contributed by atoms with Crippen LogP contribution in [0.25, 0.3) is 11.0 Å². The molecule has 2 amide bonds. The maximum Gasteiger partial charge on any atom is 0.291 e. The summed E-state index contributed by atoms with van der Waals surface area (Å²) < 4.78 is 16.4. The van der Waals surface area contributed by atoms with Crippen molar-refractivity contribution in [1.29, 1.82) is 0 Å². The average molecular weight is 418 g/mol. The van der Waals surface area contributed by atoms with Crippen molar-refractivity contribution < 1.29 is 23.2 Å². The third kappa shape index (κ3) is 4.30. The van der Waals surface area contributed by atoms with Crippen molar-refractivity contribution in [3.63, 3.8) is 0 Å². The van der Waals surface area contributed by atoms with Gasteiger partial charge in [-0.05, 0) is 60.9 Å². The number of carbonyl (C=O) groups excluding carboxylic acids is 2. The van der Waals surface area contributed by atoms with Crippen LogP contribution in [0.4, 0.5) is 5.69 Å². The molecule has 0 saturated heterocycles. The number of carbonyl (C=O) groups is 2. The van der Waals surface area contributed by atoms with Crippen LogP contribution in [-0.2, 0) is 12.8 Å². The molecule has 4 aromatic rings. The molecule has 2 aromatic heterocycles. The van der Waals surface area contributed by atoms with Gasteiger partial charge in [-0.1, -0.05) is 18.2 Å². The van der Waals surface area contributed by atoms with E-state index < -0.39 is 11.8 Å². The molecule has 0 bridgehead atoms. The summed E-state index contributed by atoms with van der Waals surface area (Å²) in [6.07, 6.45) is 1.40. The number of primary amides is 1. The van der Waals surface area contributed by atoms with Crippen LogP contribution >= 0.6 is 0 Å². The SMILES string of the molecule is COc1ccc(CCc2ccc(C(=O)Nc3c(C(N)=O)oc4cc(C)ccc34)o2)cc1. The average Bonchev–Trinajstić information content (AvgIpc) is 3.37. The third-order valence-corrected chi connectivity index (χ3v) is 5.01. The lowest BCUT2D eigenvalue weighted by atomic mass is 10.1. The zero-order valence-electron chi connectivity index (χ0n) is 17.2. The van der Waals surface area contributed by atoms with Crippen molar-refractivity contribution in [3.05, 3.63) is 83.0 Å². The number of hydrogen-bond donors (Lipinski definition) is 2. The lowest BCUT2D eigenvalue weighted by molar-refractivity contribution is 0.0977. The van der Waals surface area contributed by atoms with Gasteiger partial charge in [0.25, 0.3) is 11.8 Å². The van der Waals surface area contributed by atoms with Crippen LogP contribution < -0.4 is 15.8 Å². The maximum absolute atomic E-state index is 12.7. The first kappa shape index (κ1) is 20.3. The van der Waals surface area contributed by atoms with Gasteiger partial charge in [0, 0.05) is 11.8 Å². The Hall–Kier alpha value is -4.00. The van der Waals surface area contributed by atoms with E-state index in [9.17, 15) is 9.59 Å². The number of benzene rings is 2. The highest BCUT2D eigenvalue weighted by molar-refractivity contribution is 6.13. The minimum absolute atomic E-state index is 0.0970. The first-order valence-corrected chi connectivity index (χ1v) is 9.80. The van der Waals surface area contributed by atoms with Crippen molar-refractivity contribution in [2.45, 2.75) is 19.8 Å². The van der Waals surface area contributed by atoms with E-state index in [1.54, 1.807) is 31.4 Å². The molecule has 3 N–H and O–H groups in total. The monoisotopic (exact) mass is 418 g/mol. The van der Waals surface area contributed by atoms with Crippen LogP contribution in [0.2, 0.25) is 0 Å². The minimum atomic E-state index is -0.760. The molecule has 0 saturated carbocycles. The van der Waals surface area contributed by atoms with E-state index in [1.807, 2.05) is 37.3 Å². The lowest BCUT2D eigenvalue weighted by Gasteiger charge is -2.04. The van der Waals surface area contributed by atoms with Crippen LogP contribution in [0, 0.1) is 6.92 Å². The highest BCUT2D eigenvalue weighted by Gasteiger charge is 2.22. The summed E-state index contributed by atoms with van der Waals surface area (Å²) >= 11 is 0. The summed E-state index contributed by atoms with van der Waals surface area (Å²) in [7, 11) is 1.63. The topological polar surface area (TPSA) is 108 Å². The Morgan fingerprint density at radius 2 is 1.77 bits per heavy atom. The number of ether oxygens (including phenoxy) is 1. The fourth-order valence-corrected chi connectivity index (χ4v) is 3.37. The highest BCUT2D eigenvalue weighted by Crippen LogP contribution is 2.32. The van der Waals surface area contributed by atoms with E-state index in [2.05, 4.69) is 5.32 Å². The van der Waals surface area contributed by atoms with Crippen LogP contribution in [-0.4, -0.2) is 18.9 Å². The number of furan rings is 2. The molecule has 0 aliphatic heterocycles. The minimum Gasteiger partial charge on any atom is -0.497 e. The Morgan fingerprint density at radius 3 is 2.48 bits per heavy atom. The zero-order valence-corrected chi connectivity index (χ0v) is 17.2. The second kappa shape index (κ2) is 8.39. The summed E-state index contributed by atoms with van der Waals surface area (Å²) in [5, 5.41) is 3.31. The van der Waals surface area contributed by atoms with E-state index >= 15 is 0 Å². The summed E-state index contributed by atoms with van der Waals surface area (Å²) in [6, 6.07) is 16.6. The zero-order chi connectivity index (χ0) is 22.0. The maximum atomic E-state index is 12.7. The Morgan fingerprint density at radius 1 is 1.00 bits per heavy atom. The fraction of sp³-hybridized carbons (Fsp3) is 0.167. The molecule has 0 aliphatic rings. The van der Waals surface area contributed by atoms with Crippen molar-refractivity contribution in [3.8, 4) is 5.75 Å². The molecule has 7 nitrogen and oxygen atoms in total. The summed E-state index contributed by atoms with van der Waals surface area (Å²) in [6.45, 7) is 1.90. The van der Waals surface area contributed by atoms with Crippen LogP contribution in [0.3, 0.4) is 0 Å². The Kier molecular flexibility index (Phi) is 5.49. The van der Waals surface area contributed by atoms with Gasteiger partial charge in [0.05, 0.1) is 7.11 Å². The van der Waals surface area contributed by atoms with Gasteiger partial charge in [0.1, 0.15) is 22.8 Å². The first-order valence-electron chi connectivity index (χ1n) is 9.80. The van der Waals surface area contributed by atoms with E-state index in [1.165, 1.54) is 0 Å². The number of aryl methyl sites for hydroxylation is 3. The summed E-state index contributed by atoms with van der Waals surface area (Å²) in [4.78, 5) is 24.5. The Bertz CT molecular complexity index is 1250. The Labute approximate surface area is 178 Å². The second-order valence-corrected chi connectivity index (χ2v) is 7.24. The number of hydrogen-bond acceptors (Lipinski definition) is 5. The number of nitrogens with two attached hydrogens (primary N) is 1. The van der Waals surface area contributed by atoms with Gasteiger partial charge in [-0.2, -0.15) is 0 Å². The van der Waals surface area contributed by atoms with Crippen LogP contribution in [0.5, 0.6) is 5.75 Å². The third-order valence-electron chi connectivity index (χ3n) is 5.01. The van der Waals surface area contributed by atoms with E-state index in [0.29, 0.717) is 23.2 Å². The summed E-state index contributed by atoms with van der Waals surface area (Å²) in [5.41, 5.74) is 8.24. The van der Waals surface area contributed by atoms with E-state index in [-0.39, 0.29) is 17.2 Å². The second-order valence-electron chi connectivity index (χ2n) is 7.24. The van der Waals surface area contributed by atoms with Gasteiger partial charge in [-0.3, -0.25) is 9.59 Å². The number of fused-ring (bicyclic) bond motifs is 1. The summed E-state index contributed by atoms with van der Waals surface area (Å²) in [5.74, 6) is 0.286. The van der Waals surface area contributed by atoms with Gasteiger partial charge >= 0.3 is 0 Å². The molecular weight excluding hydrogens is 396 g/mol. The molecule has 31 heavy (non-hydrogen) atoms. The fourth-order valence-electron chi connectivity index (χ4n) is 3.37. The van der Waals surface area contributed by atoms with Crippen molar-refractivity contribution in [1.82, 2.24) is 0 Å². The Balaban J connectivity index is 1.49. The highest BCUT2D eigenvalue weighted by atomic mass is 16.5. The molecule has 0 fully saturated rings. The molecule has 0 spiro atoms. The first-order chi connectivity index (χ1) is 14.9. The predicted molar refractivity (Wildman–Crippen MR) is 117 cm³/mol. The molecule has 4 rings (SSSR count). The number of amides is 2. The normalized spacial score (nSPS) is 10.9. The van der Waals surface area contributed by atoms with Gasteiger partial charge in [0.15, 0.2) is 5.76 Å². The predicted octanol–water partition coefficient (Wildman–Crippen LogP) is 4.48. The van der Waals surface area contributed by atoms with Crippen LogP contribution in [0.15, 0.2) is 63.4 Å². The van der Waals surface area contributed by atoms with Crippen molar-refractivity contribution in [2.24, 2.45) is 5.73 Å². The molecule has 0 unspecified atom stereocenters. The number of methoxy groups -OCH3 is 1. The molecule has 0 aliphatic carbocycles. The van der Waals surface area contributed by atoms with E-state index in [0.717, 1.165) is 23.3 Å². The number of nitrogens with one attached hydrogen (secondary N) is 1. The largest absolute Gasteiger partial charge is 0.497 e. The smallest absolute Gasteiger partial charge is 0.291 e. The number of anilines is 1.